The van der Waals surface area contributed by atoms with Gasteiger partial charge in [-0.15, -0.1) is 11.8 Å². The summed E-state index contributed by atoms with van der Waals surface area (Å²) in [6, 6.07) is 13.7. The Morgan fingerprint density at radius 2 is 2.11 bits per heavy atom. The lowest BCUT2D eigenvalue weighted by molar-refractivity contribution is -0.126. The van der Waals surface area contributed by atoms with E-state index in [9.17, 15) is 4.79 Å². The van der Waals surface area contributed by atoms with Crippen molar-refractivity contribution in [2.24, 2.45) is 0 Å². The normalized spacial score (nSPS) is 19.9. The van der Waals surface area contributed by atoms with Crippen molar-refractivity contribution in [3.8, 4) is 0 Å². The lowest BCUT2D eigenvalue weighted by atomic mass is 10.2. The van der Waals surface area contributed by atoms with Gasteiger partial charge in [0, 0.05) is 15.9 Å². The van der Waals surface area contributed by atoms with Gasteiger partial charge in [0.15, 0.2) is 0 Å². The molecule has 6 nitrogen and oxygen atoms in total. The number of benzene rings is 2. The molecule has 8 heteroatoms. The van der Waals surface area contributed by atoms with Crippen molar-refractivity contribution in [3.05, 3.63) is 58.8 Å². The Kier molecular flexibility index (Phi) is 5.77. The molecule has 2 aromatic carbocycles. The summed E-state index contributed by atoms with van der Waals surface area (Å²) >= 11 is 5.10. The number of H-pyrrole nitrogens is 1. The number of rotatable bonds is 5. The second-order valence-corrected chi connectivity index (χ2v) is 8.48. The number of aromatic amines is 1. The van der Waals surface area contributed by atoms with Crippen molar-refractivity contribution in [2.45, 2.75) is 22.9 Å². The number of thioether (sulfide) groups is 1. The van der Waals surface area contributed by atoms with Crippen LogP contribution >= 0.6 is 27.7 Å². The van der Waals surface area contributed by atoms with E-state index in [0.717, 1.165) is 26.0 Å². The Bertz CT molecular complexity index is 931. The lowest BCUT2D eigenvalue weighted by Gasteiger charge is -2.30. The molecule has 2 atom stereocenters. The fourth-order valence-corrected chi connectivity index (χ4v) is 4.20. The highest BCUT2D eigenvalue weighted by Crippen LogP contribution is 2.25. The number of nitrogens with one attached hydrogen (secondary N) is 3. The molecule has 1 aliphatic heterocycles. The van der Waals surface area contributed by atoms with E-state index in [1.165, 1.54) is 0 Å². The van der Waals surface area contributed by atoms with E-state index in [2.05, 4.69) is 36.5 Å². The van der Waals surface area contributed by atoms with Crippen LogP contribution < -0.4 is 10.6 Å². The van der Waals surface area contributed by atoms with Gasteiger partial charge >= 0.3 is 0 Å². The molecule has 1 aliphatic rings. The first-order chi connectivity index (χ1) is 13.2. The SMILES string of the molecule is O=C(NCc1ccc2nc[nH]c2c1)[C@H]1COCC(Sc2ccc(Br)cc2)N1. The first-order valence-corrected chi connectivity index (χ1v) is 10.3. The fourth-order valence-electron chi connectivity index (χ4n) is 2.92. The molecule has 1 fully saturated rings. The number of fused-ring (bicyclic) bond motifs is 1. The molecule has 27 heavy (non-hydrogen) atoms. The Morgan fingerprint density at radius 1 is 1.26 bits per heavy atom. The number of morpholine rings is 1. The molecule has 0 spiro atoms. The molecule has 0 aliphatic carbocycles. The summed E-state index contributed by atoms with van der Waals surface area (Å²) in [6.45, 7) is 1.42. The van der Waals surface area contributed by atoms with Gasteiger partial charge in [-0.1, -0.05) is 22.0 Å². The minimum Gasteiger partial charge on any atom is -0.377 e. The summed E-state index contributed by atoms with van der Waals surface area (Å²) in [7, 11) is 0. The van der Waals surface area contributed by atoms with E-state index in [0.29, 0.717) is 19.8 Å². The second kappa shape index (κ2) is 8.43. The maximum atomic E-state index is 12.5. The molecular weight excluding hydrogens is 428 g/mol. The summed E-state index contributed by atoms with van der Waals surface area (Å²) in [6.07, 6.45) is 1.67. The minimum absolute atomic E-state index is 0.0389. The molecule has 2 heterocycles. The van der Waals surface area contributed by atoms with E-state index in [-0.39, 0.29) is 17.3 Å². The molecule has 4 rings (SSSR count). The molecule has 0 radical (unpaired) electrons. The van der Waals surface area contributed by atoms with Crippen LogP contribution in [0.1, 0.15) is 5.56 Å². The second-order valence-electron chi connectivity index (χ2n) is 6.29. The van der Waals surface area contributed by atoms with Crippen molar-refractivity contribution in [1.82, 2.24) is 20.6 Å². The van der Waals surface area contributed by atoms with Crippen LogP contribution in [0, 0.1) is 0 Å². The summed E-state index contributed by atoms with van der Waals surface area (Å²) < 4.78 is 6.69. The zero-order valence-corrected chi connectivity index (χ0v) is 16.8. The van der Waals surface area contributed by atoms with E-state index >= 15 is 0 Å². The quantitative estimate of drug-likeness (QED) is 0.561. The number of halogens is 1. The molecule has 1 aromatic heterocycles. The maximum Gasteiger partial charge on any atom is 0.239 e. The number of amides is 1. The molecule has 1 saturated heterocycles. The number of ether oxygens (including phenoxy) is 1. The first kappa shape index (κ1) is 18.5. The average molecular weight is 447 g/mol. The van der Waals surface area contributed by atoms with Gasteiger partial charge in [0.05, 0.1) is 35.9 Å². The Morgan fingerprint density at radius 3 is 2.96 bits per heavy atom. The van der Waals surface area contributed by atoms with Crippen LogP contribution in [-0.4, -0.2) is 40.5 Å². The van der Waals surface area contributed by atoms with Gasteiger partial charge in [-0.25, -0.2) is 4.98 Å². The summed E-state index contributed by atoms with van der Waals surface area (Å²) in [4.78, 5) is 21.0. The molecule has 3 aromatic rings. The van der Waals surface area contributed by atoms with Crippen molar-refractivity contribution < 1.29 is 9.53 Å². The highest BCUT2D eigenvalue weighted by atomic mass is 79.9. The molecule has 1 amide bonds. The molecule has 0 bridgehead atoms. The highest BCUT2D eigenvalue weighted by molar-refractivity contribution is 9.10. The molecule has 1 unspecified atom stereocenters. The minimum atomic E-state index is -0.359. The fraction of sp³-hybridized carbons (Fsp3) is 0.263. The van der Waals surface area contributed by atoms with Crippen molar-refractivity contribution in [2.75, 3.05) is 13.2 Å². The Balaban J connectivity index is 1.31. The predicted octanol–water partition coefficient (Wildman–Crippen LogP) is 3.05. The third-order valence-corrected chi connectivity index (χ3v) is 5.93. The Hall–Kier alpha value is -1.87. The largest absolute Gasteiger partial charge is 0.377 e. The lowest BCUT2D eigenvalue weighted by Crippen LogP contribution is -2.54. The topological polar surface area (TPSA) is 79.0 Å². The third-order valence-electron chi connectivity index (χ3n) is 4.30. The van der Waals surface area contributed by atoms with Gasteiger partial charge in [-0.2, -0.15) is 0 Å². The van der Waals surface area contributed by atoms with Crippen LogP contribution in [0.2, 0.25) is 0 Å². The Labute approximate surface area is 169 Å². The van der Waals surface area contributed by atoms with Crippen LogP contribution in [0.15, 0.2) is 58.2 Å². The highest BCUT2D eigenvalue weighted by Gasteiger charge is 2.27. The predicted molar refractivity (Wildman–Crippen MR) is 109 cm³/mol. The van der Waals surface area contributed by atoms with Crippen LogP contribution in [0.3, 0.4) is 0 Å². The number of carbonyl (C=O) groups is 1. The molecular formula is C19H19BrN4O2S. The third kappa shape index (κ3) is 4.70. The van der Waals surface area contributed by atoms with E-state index in [1.54, 1.807) is 18.1 Å². The van der Waals surface area contributed by atoms with E-state index < -0.39 is 0 Å². The maximum absolute atomic E-state index is 12.5. The number of carbonyl (C=O) groups excluding carboxylic acids is 1. The van der Waals surface area contributed by atoms with Gasteiger partial charge in [-0.3, -0.25) is 10.1 Å². The van der Waals surface area contributed by atoms with Crippen LogP contribution in [0.5, 0.6) is 0 Å². The summed E-state index contributed by atoms with van der Waals surface area (Å²) in [5, 5.41) is 6.40. The van der Waals surface area contributed by atoms with Crippen molar-refractivity contribution in [1.29, 1.82) is 0 Å². The number of nitrogens with zero attached hydrogens (tertiary/aromatic N) is 1. The number of hydrogen-bond donors (Lipinski definition) is 3. The van der Waals surface area contributed by atoms with Gasteiger partial charge in [0.1, 0.15) is 6.04 Å². The number of imidazole rings is 1. The van der Waals surface area contributed by atoms with Crippen molar-refractivity contribution in [3.63, 3.8) is 0 Å². The van der Waals surface area contributed by atoms with Gasteiger partial charge in [0.25, 0.3) is 0 Å². The summed E-state index contributed by atoms with van der Waals surface area (Å²) in [5.41, 5.74) is 2.91. The van der Waals surface area contributed by atoms with Crippen LogP contribution in [0.4, 0.5) is 0 Å². The van der Waals surface area contributed by atoms with Gasteiger partial charge in [-0.05, 0) is 42.0 Å². The monoisotopic (exact) mass is 446 g/mol. The standard InChI is InChI=1S/C19H19BrN4O2S/c20-13-2-4-14(5-3-13)27-18-10-26-9-17(24-18)19(25)21-8-12-1-6-15-16(7-12)23-11-22-15/h1-7,11,17-18,24H,8-10H2,(H,21,25)(H,22,23)/t17-,18?/m1/s1. The van der Waals surface area contributed by atoms with Crippen LogP contribution in [0.25, 0.3) is 11.0 Å². The number of aromatic nitrogens is 2. The van der Waals surface area contributed by atoms with Crippen LogP contribution in [-0.2, 0) is 16.1 Å². The molecule has 0 saturated carbocycles. The van der Waals surface area contributed by atoms with E-state index in [4.69, 9.17) is 4.74 Å². The smallest absolute Gasteiger partial charge is 0.239 e. The average Bonchev–Trinajstić information content (AvgIpc) is 3.16. The number of hydrogen-bond acceptors (Lipinski definition) is 5. The van der Waals surface area contributed by atoms with E-state index in [1.807, 2.05) is 42.5 Å². The van der Waals surface area contributed by atoms with Gasteiger partial charge < -0.3 is 15.0 Å². The zero-order valence-electron chi connectivity index (χ0n) is 14.4. The molecule has 140 valence electrons. The molecule has 3 N–H and O–H groups in total. The van der Waals surface area contributed by atoms with Crippen molar-refractivity contribution >= 4 is 44.6 Å². The first-order valence-electron chi connectivity index (χ1n) is 8.63. The zero-order chi connectivity index (χ0) is 18.6. The van der Waals surface area contributed by atoms with Gasteiger partial charge in [0.2, 0.25) is 5.91 Å². The summed E-state index contributed by atoms with van der Waals surface area (Å²) in [5.74, 6) is -0.0548.